The van der Waals surface area contributed by atoms with E-state index in [1.807, 2.05) is 65.2 Å². The molecule has 1 atom stereocenters. The molecule has 0 unspecified atom stereocenters. The number of carbonyl (C=O) groups is 1. The molecule has 0 saturated heterocycles. The number of carbonyl (C=O) groups excluding carboxylic acids is 1. The van der Waals surface area contributed by atoms with Gasteiger partial charge in [0.15, 0.2) is 0 Å². The zero-order valence-corrected chi connectivity index (χ0v) is 20.1. The van der Waals surface area contributed by atoms with Gasteiger partial charge in [0.25, 0.3) is 5.91 Å². The number of aromatic nitrogens is 2. The monoisotopic (exact) mass is 459 g/mol. The molecule has 5 rings (SSSR count). The summed E-state index contributed by atoms with van der Waals surface area (Å²) in [6, 6.07) is 34.7. The molecule has 0 aliphatic rings. The molecule has 1 N–H and O–H groups in total. The van der Waals surface area contributed by atoms with Gasteiger partial charge in [0.2, 0.25) is 0 Å². The van der Waals surface area contributed by atoms with E-state index in [-0.39, 0.29) is 11.9 Å². The van der Waals surface area contributed by atoms with E-state index >= 15 is 0 Å². The van der Waals surface area contributed by atoms with Crippen molar-refractivity contribution in [3.05, 3.63) is 114 Å². The Morgan fingerprint density at radius 2 is 1.46 bits per heavy atom. The van der Waals surface area contributed by atoms with Crippen LogP contribution in [0, 0.1) is 0 Å². The number of benzene rings is 4. The molecule has 4 aromatic carbocycles. The van der Waals surface area contributed by atoms with Crippen molar-refractivity contribution in [1.29, 1.82) is 0 Å². The molecular formula is C31H29N3O. The molecule has 35 heavy (non-hydrogen) atoms. The summed E-state index contributed by atoms with van der Waals surface area (Å²) < 4.78 is 2.03. The molecule has 4 nitrogen and oxygen atoms in total. The van der Waals surface area contributed by atoms with E-state index in [0.717, 1.165) is 39.7 Å². The molecule has 4 heteroatoms. The summed E-state index contributed by atoms with van der Waals surface area (Å²) in [7, 11) is 0. The highest BCUT2D eigenvalue weighted by Gasteiger charge is 2.26. The number of imidazole rings is 1. The highest BCUT2D eigenvalue weighted by molar-refractivity contribution is 6.01. The highest BCUT2D eigenvalue weighted by Crippen LogP contribution is 2.32. The maximum Gasteiger partial charge on any atom is 0.270 e. The lowest BCUT2D eigenvalue weighted by molar-refractivity contribution is 0.0927. The molecule has 5 aromatic rings. The summed E-state index contributed by atoms with van der Waals surface area (Å²) in [5, 5.41) is 5.57. The lowest BCUT2D eigenvalue weighted by Gasteiger charge is -2.19. The molecule has 1 heterocycles. The van der Waals surface area contributed by atoms with Crippen LogP contribution < -0.4 is 5.32 Å². The van der Waals surface area contributed by atoms with E-state index in [9.17, 15) is 4.79 Å². The second-order valence-electron chi connectivity index (χ2n) is 8.65. The van der Waals surface area contributed by atoms with Gasteiger partial charge in [-0.05, 0) is 35.7 Å². The van der Waals surface area contributed by atoms with Crippen molar-refractivity contribution < 1.29 is 4.79 Å². The summed E-state index contributed by atoms with van der Waals surface area (Å²) in [4.78, 5) is 19.0. The Morgan fingerprint density at radius 3 is 2.14 bits per heavy atom. The summed E-state index contributed by atoms with van der Waals surface area (Å²) in [5.74, 6) is 0.689. The van der Waals surface area contributed by atoms with E-state index in [2.05, 4.69) is 61.6 Å². The molecular weight excluding hydrogens is 430 g/mol. The van der Waals surface area contributed by atoms with Crippen molar-refractivity contribution in [3.63, 3.8) is 0 Å². The fraction of sp³-hybridized carbons (Fsp3) is 0.161. The first-order chi connectivity index (χ1) is 17.2. The molecule has 0 saturated carbocycles. The number of hydrogen-bond donors (Lipinski definition) is 1. The van der Waals surface area contributed by atoms with E-state index in [1.54, 1.807) is 0 Å². The van der Waals surface area contributed by atoms with E-state index in [4.69, 9.17) is 4.98 Å². The van der Waals surface area contributed by atoms with Crippen LogP contribution in [0.2, 0.25) is 0 Å². The third-order valence-electron chi connectivity index (χ3n) is 6.47. The summed E-state index contributed by atoms with van der Waals surface area (Å²) in [6.07, 6.45) is 0.798. The number of amides is 1. The molecule has 0 aliphatic heterocycles. The van der Waals surface area contributed by atoms with Gasteiger partial charge in [-0.2, -0.15) is 0 Å². The van der Waals surface area contributed by atoms with Crippen molar-refractivity contribution in [2.45, 2.75) is 32.9 Å². The van der Waals surface area contributed by atoms with Gasteiger partial charge in [-0.25, -0.2) is 4.98 Å². The number of fused-ring (bicyclic) bond motifs is 1. The third-order valence-corrected chi connectivity index (χ3v) is 6.47. The Kier molecular flexibility index (Phi) is 6.44. The third kappa shape index (κ3) is 4.47. The van der Waals surface area contributed by atoms with E-state index in [1.165, 1.54) is 0 Å². The van der Waals surface area contributed by atoms with Gasteiger partial charge in [0, 0.05) is 17.7 Å². The molecule has 174 valence electrons. The molecule has 0 radical (unpaired) electrons. The first-order valence-electron chi connectivity index (χ1n) is 12.2. The summed E-state index contributed by atoms with van der Waals surface area (Å²) >= 11 is 0. The normalized spacial score (nSPS) is 11.9. The van der Waals surface area contributed by atoms with Gasteiger partial charge in [0.05, 0.1) is 6.04 Å². The first kappa shape index (κ1) is 22.6. The summed E-state index contributed by atoms with van der Waals surface area (Å²) in [6.45, 7) is 4.79. The molecule has 1 amide bonds. The van der Waals surface area contributed by atoms with Crippen molar-refractivity contribution in [2.24, 2.45) is 0 Å². The predicted molar refractivity (Wildman–Crippen MR) is 143 cm³/mol. The Morgan fingerprint density at radius 1 is 0.800 bits per heavy atom. The minimum atomic E-state index is -0.111. The van der Waals surface area contributed by atoms with E-state index < -0.39 is 0 Å². The average Bonchev–Trinajstić information content (AvgIpc) is 3.32. The second kappa shape index (κ2) is 9.98. The fourth-order valence-electron chi connectivity index (χ4n) is 4.67. The standard InChI is InChI=1S/C31H29N3O/c1-3-27(23-14-7-5-8-15-23)32-31(35)29-28(26-20-19-22-13-11-12-18-25(22)21-26)33-30(34(29)4-2)24-16-9-6-10-17-24/h5-21,27H,3-4H2,1-2H3,(H,32,35)/t27-/m0/s1. The van der Waals surface area contributed by atoms with Crippen LogP contribution in [0.25, 0.3) is 33.4 Å². The van der Waals surface area contributed by atoms with Crippen LogP contribution in [-0.4, -0.2) is 15.5 Å². The lowest BCUT2D eigenvalue weighted by atomic mass is 10.0. The zero-order valence-electron chi connectivity index (χ0n) is 20.1. The van der Waals surface area contributed by atoms with Gasteiger partial charge in [-0.3, -0.25) is 4.79 Å². The van der Waals surface area contributed by atoms with Crippen LogP contribution in [0.5, 0.6) is 0 Å². The highest BCUT2D eigenvalue weighted by atomic mass is 16.2. The van der Waals surface area contributed by atoms with Gasteiger partial charge in [0.1, 0.15) is 17.2 Å². The first-order valence-corrected chi connectivity index (χ1v) is 12.2. The number of nitrogens with zero attached hydrogens (tertiary/aromatic N) is 2. The van der Waals surface area contributed by atoms with Crippen LogP contribution in [0.4, 0.5) is 0 Å². The van der Waals surface area contributed by atoms with E-state index in [0.29, 0.717) is 17.9 Å². The Labute approximate surface area is 206 Å². The van der Waals surface area contributed by atoms with Crippen LogP contribution in [-0.2, 0) is 6.54 Å². The average molecular weight is 460 g/mol. The maximum absolute atomic E-state index is 13.9. The number of rotatable bonds is 7. The van der Waals surface area contributed by atoms with Crippen LogP contribution >= 0.6 is 0 Å². The van der Waals surface area contributed by atoms with Crippen LogP contribution in [0.15, 0.2) is 103 Å². The molecule has 0 aliphatic carbocycles. The zero-order chi connectivity index (χ0) is 24.2. The minimum Gasteiger partial charge on any atom is -0.344 e. The fourth-order valence-corrected chi connectivity index (χ4v) is 4.67. The largest absolute Gasteiger partial charge is 0.344 e. The Bertz CT molecular complexity index is 1460. The predicted octanol–water partition coefficient (Wildman–Crippen LogP) is 7.27. The number of hydrogen-bond acceptors (Lipinski definition) is 2. The topological polar surface area (TPSA) is 46.9 Å². The Balaban J connectivity index is 1.65. The van der Waals surface area contributed by atoms with Crippen LogP contribution in [0.3, 0.4) is 0 Å². The second-order valence-corrected chi connectivity index (χ2v) is 8.65. The maximum atomic E-state index is 13.9. The molecule has 0 fully saturated rings. The van der Waals surface area contributed by atoms with Gasteiger partial charge >= 0.3 is 0 Å². The molecule has 1 aromatic heterocycles. The van der Waals surface area contributed by atoms with Crippen LogP contribution in [0.1, 0.15) is 42.4 Å². The molecule has 0 bridgehead atoms. The van der Waals surface area contributed by atoms with Gasteiger partial charge in [-0.15, -0.1) is 0 Å². The quantitative estimate of drug-likeness (QED) is 0.278. The smallest absolute Gasteiger partial charge is 0.270 e. The lowest BCUT2D eigenvalue weighted by Crippen LogP contribution is -2.30. The van der Waals surface area contributed by atoms with Crippen molar-refractivity contribution in [1.82, 2.24) is 14.9 Å². The SMILES string of the molecule is CC[C@H](NC(=O)c1c(-c2ccc3ccccc3c2)nc(-c2ccccc2)n1CC)c1ccccc1. The minimum absolute atomic E-state index is 0.0754. The van der Waals surface area contributed by atoms with Gasteiger partial charge < -0.3 is 9.88 Å². The van der Waals surface area contributed by atoms with Crippen molar-refractivity contribution >= 4 is 16.7 Å². The van der Waals surface area contributed by atoms with Crippen molar-refractivity contribution in [3.8, 4) is 22.6 Å². The number of nitrogens with one attached hydrogen (secondary N) is 1. The summed E-state index contributed by atoms with van der Waals surface area (Å²) in [5.41, 5.74) is 4.32. The van der Waals surface area contributed by atoms with Gasteiger partial charge in [-0.1, -0.05) is 104 Å². The molecule has 0 spiro atoms. The Hall–Kier alpha value is -4.18. The van der Waals surface area contributed by atoms with Crippen molar-refractivity contribution in [2.75, 3.05) is 0 Å².